The van der Waals surface area contributed by atoms with Crippen molar-refractivity contribution < 1.29 is 22.4 Å². The summed E-state index contributed by atoms with van der Waals surface area (Å²) >= 11 is 0. The molecule has 0 fully saturated rings. The zero-order valence-corrected chi connectivity index (χ0v) is 12.0. The van der Waals surface area contributed by atoms with Gasteiger partial charge in [0.2, 0.25) is 0 Å². The third-order valence-electron chi connectivity index (χ3n) is 3.96. The third-order valence-corrected chi connectivity index (χ3v) is 3.96. The minimum Gasteiger partial charge on any atom is -0.322 e. The van der Waals surface area contributed by atoms with E-state index in [0.717, 1.165) is 18.6 Å². The summed E-state index contributed by atoms with van der Waals surface area (Å²) in [5.41, 5.74) is 0.806. The van der Waals surface area contributed by atoms with E-state index in [1.54, 1.807) is 0 Å². The maximum atomic E-state index is 13.7. The smallest absolute Gasteiger partial charge is 0.266 e. The summed E-state index contributed by atoms with van der Waals surface area (Å²) in [5, 5.41) is 2.47. The van der Waals surface area contributed by atoms with Crippen molar-refractivity contribution in [1.29, 1.82) is 0 Å². The first-order valence-electron chi connectivity index (χ1n) is 7.16. The molecule has 23 heavy (non-hydrogen) atoms. The average Bonchev–Trinajstić information content (AvgIpc) is 2.99. The number of benzene rings is 2. The maximum absolute atomic E-state index is 13.7. The lowest BCUT2D eigenvalue weighted by Crippen LogP contribution is -2.15. The molecule has 1 aliphatic carbocycles. The number of nitrogens with one attached hydrogen (secondary N) is 1. The van der Waals surface area contributed by atoms with Gasteiger partial charge in [-0.2, -0.15) is 0 Å². The quantitative estimate of drug-likeness (QED) is 0.819. The fourth-order valence-corrected chi connectivity index (χ4v) is 2.86. The van der Waals surface area contributed by atoms with E-state index in [-0.39, 0.29) is 11.5 Å². The number of anilines is 1. The molecule has 0 atom stereocenters. The molecule has 0 spiro atoms. The first-order chi connectivity index (χ1) is 11.0. The molecule has 0 unspecified atom stereocenters. The molecule has 0 aliphatic heterocycles. The third kappa shape index (κ3) is 2.93. The molecule has 2 nitrogen and oxygen atoms in total. The van der Waals surface area contributed by atoms with Crippen molar-refractivity contribution in [2.24, 2.45) is 0 Å². The lowest BCUT2D eigenvalue weighted by atomic mass is 10.0. The van der Waals surface area contributed by atoms with E-state index in [1.165, 1.54) is 18.2 Å². The number of hydrogen-bond donors (Lipinski definition) is 1. The van der Waals surface area contributed by atoms with Crippen LogP contribution in [0.2, 0.25) is 0 Å². The van der Waals surface area contributed by atoms with E-state index in [0.29, 0.717) is 29.5 Å². The van der Waals surface area contributed by atoms with Crippen molar-refractivity contribution in [3.8, 4) is 0 Å². The van der Waals surface area contributed by atoms with Crippen LogP contribution in [-0.2, 0) is 12.8 Å². The van der Waals surface area contributed by atoms with Gasteiger partial charge in [0.05, 0.1) is 5.56 Å². The number of carbonyl (C=O) groups excluding carboxylic acids is 1. The predicted octanol–water partition coefficient (Wildman–Crippen LogP) is 4.64. The summed E-state index contributed by atoms with van der Waals surface area (Å²) in [5.74, 6) is -1.88. The molecule has 1 amide bonds. The molecule has 6 heteroatoms. The molecule has 1 aliphatic rings. The van der Waals surface area contributed by atoms with Crippen molar-refractivity contribution >= 4 is 11.6 Å². The Hall–Kier alpha value is -2.37. The van der Waals surface area contributed by atoms with E-state index < -0.39 is 23.7 Å². The lowest BCUT2D eigenvalue weighted by Gasteiger charge is -2.11. The Balaban J connectivity index is 1.89. The van der Waals surface area contributed by atoms with E-state index in [9.17, 15) is 22.4 Å². The Morgan fingerprint density at radius 3 is 2.43 bits per heavy atom. The van der Waals surface area contributed by atoms with Gasteiger partial charge in [0.25, 0.3) is 12.3 Å². The number of carbonyl (C=O) groups is 1. The van der Waals surface area contributed by atoms with Crippen LogP contribution in [0.1, 0.15) is 39.9 Å². The molecule has 2 aromatic carbocycles. The number of amides is 1. The van der Waals surface area contributed by atoms with Crippen LogP contribution in [0.15, 0.2) is 30.3 Å². The summed E-state index contributed by atoms with van der Waals surface area (Å²) in [6, 6.07) is 5.61. The maximum Gasteiger partial charge on any atom is 0.266 e. The lowest BCUT2D eigenvalue weighted by molar-refractivity contribution is 0.102. The van der Waals surface area contributed by atoms with Crippen LogP contribution < -0.4 is 5.32 Å². The molecule has 0 radical (unpaired) electrons. The zero-order chi connectivity index (χ0) is 16.6. The van der Waals surface area contributed by atoms with Crippen LogP contribution in [0.4, 0.5) is 23.2 Å². The van der Waals surface area contributed by atoms with Gasteiger partial charge in [-0.05, 0) is 60.7 Å². The molecule has 0 saturated heterocycles. The molecule has 0 heterocycles. The van der Waals surface area contributed by atoms with Gasteiger partial charge in [-0.15, -0.1) is 0 Å². The zero-order valence-electron chi connectivity index (χ0n) is 12.0. The van der Waals surface area contributed by atoms with E-state index in [4.69, 9.17) is 0 Å². The van der Waals surface area contributed by atoms with Crippen molar-refractivity contribution in [3.63, 3.8) is 0 Å². The van der Waals surface area contributed by atoms with Gasteiger partial charge in [0.1, 0.15) is 11.6 Å². The fourth-order valence-electron chi connectivity index (χ4n) is 2.86. The van der Waals surface area contributed by atoms with Gasteiger partial charge < -0.3 is 5.32 Å². The minimum absolute atomic E-state index is 0.0720. The van der Waals surface area contributed by atoms with Crippen LogP contribution in [0, 0.1) is 11.6 Å². The van der Waals surface area contributed by atoms with Crippen molar-refractivity contribution in [3.05, 3.63) is 64.2 Å². The SMILES string of the molecule is O=C(Nc1ccc(F)c(C(F)F)c1)c1ccc(F)c2c1CCC2. The summed E-state index contributed by atoms with van der Waals surface area (Å²) in [4.78, 5) is 12.3. The summed E-state index contributed by atoms with van der Waals surface area (Å²) in [7, 11) is 0. The molecule has 2 aromatic rings. The second-order valence-electron chi connectivity index (χ2n) is 5.40. The number of fused-ring (bicyclic) bond motifs is 1. The van der Waals surface area contributed by atoms with E-state index in [1.807, 2.05) is 0 Å². The largest absolute Gasteiger partial charge is 0.322 e. The summed E-state index contributed by atoms with van der Waals surface area (Å²) in [6.07, 6.45) is -1.03. The van der Waals surface area contributed by atoms with Crippen LogP contribution in [0.3, 0.4) is 0 Å². The van der Waals surface area contributed by atoms with Crippen molar-refractivity contribution in [2.75, 3.05) is 5.32 Å². The van der Waals surface area contributed by atoms with E-state index in [2.05, 4.69) is 5.32 Å². The van der Waals surface area contributed by atoms with Gasteiger partial charge in [-0.1, -0.05) is 0 Å². The predicted molar refractivity (Wildman–Crippen MR) is 77.7 cm³/mol. The van der Waals surface area contributed by atoms with Gasteiger partial charge >= 0.3 is 0 Å². The summed E-state index contributed by atoms with van der Waals surface area (Å²) < 4.78 is 52.4. The molecule has 3 rings (SSSR count). The first kappa shape index (κ1) is 15.5. The second kappa shape index (κ2) is 6.02. The Kier molecular flexibility index (Phi) is 4.07. The standard InChI is InChI=1S/C17H13F4NO/c18-14-7-5-12(10-2-1-3-11(10)14)17(23)22-9-4-6-15(19)13(8-9)16(20)21/h4-8,16H,1-3H2,(H,22,23). The molecule has 0 aromatic heterocycles. The highest BCUT2D eigenvalue weighted by molar-refractivity contribution is 6.05. The van der Waals surface area contributed by atoms with Gasteiger partial charge in [0.15, 0.2) is 0 Å². The van der Waals surface area contributed by atoms with Crippen LogP contribution in [0.25, 0.3) is 0 Å². The topological polar surface area (TPSA) is 29.1 Å². The molecule has 0 saturated carbocycles. The molecular formula is C17H13F4NO. The number of halogens is 4. The second-order valence-corrected chi connectivity index (χ2v) is 5.40. The highest BCUT2D eigenvalue weighted by Crippen LogP contribution is 2.29. The Morgan fingerprint density at radius 1 is 1.00 bits per heavy atom. The highest BCUT2D eigenvalue weighted by Gasteiger charge is 2.22. The Labute approximate surface area is 130 Å². The fraction of sp³-hybridized carbons (Fsp3) is 0.235. The van der Waals surface area contributed by atoms with Crippen molar-refractivity contribution in [2.45, 2.75) is 25.7 Å². The average molecular weight is 323 g/mol. The normalized spacial score (nSPS) is 13.3. The van der Waals surface area contributed by atoms with Crippen molar-refractivity contribution in [1.82, 2.24) is 0 Å². The molecule has 0 bridgehead atoms. The Morgan fingerprint density at radius 2 is 1.70 bits per heavy atom. The highest BCUT2D eigenvalue weighted by atomic mass is 19.3. The minimum atomic E-state index is -2.97. The van der Waals surface area contributed by atoms with Crippen LogP contribution in [0.5, 0.6) is 0 Å². The van der Waals surface area contributed by atoms with Crippen LogP contribution in [-0.4, -0.2) is 5.91 Å². The number of hydrogen-bond acceptors (Lipinski definition) is 1. The van der Waals surface area contributed by atoms with Gasteiger partial charge in [0, 0.05) is 11.3 Å². The molecule has 1 N–H and O–H groups in total. The van der Waals surface area contributed by atoms with Gasteiger partial charge in [-0.25, -0.2) is 17.6 Å². The van der Waals surface area contributed by atoms with E-state index >= 15 is 0 Å². The monoisotopic (exact) mass is 323 g/mol. The molecule has 120 valence electrons. The molecular weight excluding hydrogens is 310 g/mol. The Bertz CT molecular complexity index is 773. The summed E-state index contributed by atoms with van der Waals surface area (Å²) in [6.45, 7) is 0. The first-order valence-corrected chi connectivity index (χ1v) is 7.16. The number of alkyl halides is 2. The van der Waals surface area contributed by atoms with Crippen LogP contribution >= 0.6 is 0 Å². The number of rotatable bonds is 3. The van der Waals surface area contributed by atoms with Gasteiger partial charge in [-0.3, -0.25) is 4.79 Å².